The van der Waals surface area contributed by atoms with Gasteiger partial charge < -0.3 is 5.11 Å². The first-order valence-corrected chi connectivity index (χ1v) is 5.82. The predicted molar refractivity (Wildman–Crippen MR) is 60.9 cm³/mol. The summed E-state index contributed by atoms with van der Waals surface area (Å²) in [5.41, 5.74) is 0.259. The quantitative estimate of drug-likeness (QED) is 0.762. The summed E-state index contributed by atoms with van der Waals surface area (Å²) in [4.78, 5) is 13.0. The summed E-state index contributed by atoms with van der Waals surface area (Å²) in [6.45, 7) is 10.6. The maximum absolute atomic E-state index is 10.7. The van der Waals surface area contributed by atoms with Gasteiger partial charge in [-0.15, -0.1) is 0 Å². The van der Waals surface area contributed by atoms with Gasteiger partial charge in [-0.3, -0.25) is 9.69 Å². The van der Waals surface area contributed by atoms with E-state index in [1.54, 1.807) is 0 Å². The molecule has 0 aromatic heterocycles. The number of carboxylic acids is 1. The molecular weight excluding hydrogens is 190 g/mol. The first-order chi connectivity index (χ1) is 6.85. The third-order valence-corrected chi connectivity index (χ3v) is 3.99. The number of carbonyl (C=O) groups is 1. The molecule has 1 heterocycles. The molecule has 0 aliphatic carbocycles. The van der Waals surface area contributed by atoms with Crippen molar-refractivity contribution in [1.29, 1.82) is 0 Å². The van der Waals surface area contributed by atoms with E-state index in [2.05, 4.69) is 18.7 Å². The minimum atomic E-state index is -0.703. The number of likely N-dealkylation sites (tertiary alicyclic amines) is 1. The molecule has 0 atom stereocenters. The lowest BCUT2D eigenvalue weighted by molar-refractivity contribution is -0.143. The largest absolute Gasteiger partial charge is 0.481 e. The fourth-order valence-corrected chi connectivity index (χ4v) is 2.37. The smallest absolute Gasteiger partial charge is 0.305 e. The Morgan fingerprint density at radius 3 is 2.13 bits per heavy atom. The van der Waals surface area contributed by atoms with E-state index in [0.717, 1.165) is 13.1 Å². The van der Waals surface area contributed by atoms with E-state index in [9.17, 15) is 4.79 Å². The minimum absolute atomic E-state index is 0.195. The molecule has 1 aliphatic heterocycles. The van der Waals surface area contributed by atoms with E-state index in [4.69, 9.17) is 5.11 Å². The fourth-order valence-electron chi connectivity index (χ4n) is 2.37. The van der Waals surface area contributed by atoms with Gasteiger partial charge in [0.2, 0.25) is 0 Å². The molecule has 0 aromatic rings. The Morgan fingerprint density at radius 2 is 1.80 bits per heavy atom. The van der Waals surface area contributed by atoms with Crippen molar-refractivity contribution in [2.45, 2.75) is 52.5 Å². The molecule has 1 N–H and O–H groups in total. The summed E-state index contributed by atoms with van der Waals surface area (Å²) < 4.78 is 0. The van der Waals surface area contributed by atoms with Crippen molar-refractivity contribution in [1.82, 2.24) is 4.90 Å². The van der Waals surface area contributed by atoms with E-state index < -0.39 is 5.97 Å². The SMILES string of the molecule is CCC1(CC)CN(C(C)(C)CC(=O)O)C1. The zero-order chi connectivity index (χ0) is 11.7. The van der Waals surface area contributed by atoms with Crippen LogP contribution in [0.1, 0.15) is 47.0 Å². The molecule has 0 aromatic carbocycles. The third kappa shape index (κ3) is 2.51. The van der Waals surface area contributed by atoms with Gasteiger partial charge in [0.05, 0.1) is 6.42 Å². The van der Waals surface area contributed by atoms with Gasteiger partial charge in [-0.1, -0.05) is 13.8 Å². The van der Waals surface area contributed by atoms with Crippen LogP contribution in [0.5, 0.6) is 0 Å². The average Bonchev–Trinajstić information content (AvgIpc) is 2.01. The Labute approximate surface area is 92.5 Å². The molecule has 88 valence electrons. The maximum atomic E-state index is 10.7. The van der Waals surface area contributed by atoms with Crippen LogP contribution in [-0.4, -0.2) is 34.6 Å². The topological polar surface area (TPSA) is 40.5 Å². The molecule has 1 rings (SSSR count). The summed E-state index contributed by atoms with van der Waals surface area (Å²) in [7, 11) is 0. The Morgan fingerprint density at radius 1 is 1.33 bits per heavy atom. The van der Waals surface area contributed by atoms with Gasteiger partial charge >= 0.3 is 5.97 Å². The van der Waals surface area contributed by atoms with Crippen LogP contribution in [-0.2, 0) is 4.79 Å². The van der Waals surface area contributed by atoms with Crippen LogP contribution in [0.15, 0.2) is 0 Å². The van der Waals surface area contributed by atoms with Crippen molar-refractivity contribution < 1.29 is 9.90 Å². The van der Waals surface area contributed by atoms with Crippen molar-refractivity contribution in [2.24, 2.45) is 5.41 Å². The highest BCUT2D eigenvalue weighted by Gasteiger charge is 2.46. The second-order valence-corrected chi connectivity index (χ2v) is 5.45. The van der Waals surface area contributed by atoms with Crippen molar-refractivity contribution >= 4 is 5.97 Å². The zero-order valence-corrected chi connectivity index (χ0v) is 10.3. The number of rotatable bonds is 5. The van der Waals surface area contributed by atoms with Crippen molar-refractivity contribution in [2.75, 3.05) is 13.1 Å². The highest BCUT2D eigenvalue weighted by molar-refractivity contribution is 5.68. The standard InChI is InChI=1S/C12H23NO2/c1-5-12(6-2)8-13(9-12)11(3,4)7-10(14)15/h5-9H2,1-4H3,(H,14,15). The number of aliphatic carboxylic acids is 1. The maximum Gasteiger partial charge on any atom is 0.305 e. The summed E-state index contributed by atoms with van der Waals surface area (Å²) in [6.07, 6.45) is 2.63. The summed E-state index contributed by atoms with van der Waals surface area (Å²) in [5.74, 6) is -0.703. The predicted octanol–water partition coefficient (Wildman–Crippen LogP) is 2.36. The van der Waals surface area contributed by atoms with Crippen LogP contribution < -0.4 is 0 Å². The Hall–Kier alpha value is -0.570. The molecule has 0 saturated carbocycles. The second-order valence-electron chi connectivity index (χ2n) is 5.45. The van der Waals surface area contributed by atoms with Gasteiger partial charge in [0.25, 0.3) is 0 Å². The lowest BCUT2D eigenvalue weighted by Gasteiger charge is -2.56. The molecule has 0 unspecified atom stereocenters. The summed E-state index contributed by atoms with van der Waals surface area (Å²) in [6, 6.07) is 0. The number of hydrogen-bond acceptors (Lipinski definition) is 2. The van der Waals surface area contributed by atoms with Crippen LogP contribution in [0.4, 0.5) is 0 Å². The number of nitrogens with zero attached hydrogens (tertiary/aromatic N) is 1. The highest BCUT2D eigenvalue weighted by atomic mass is 16.4. The van der Waals surface area contributed by atoms with Gasteiger partial charge in [-0.25, -0.2) is 0 Å². The Bertz CT molecular complexity index is 236. The summed E-state index contributed by atoms with van der Waals surface area (Å²) >= 11 is 0. The zero-order valence-electron chi connectivity index (χ0n) is 10.3. The lowest BCUT2D eigenvalue weighted by atomic mass is 9.72. The van der Waals surface area contributed by atoms with E-state index in [-0.39, 0.29) is 12.0 Å². The first kappa shape index (κ1) is 12.5. The van der Waals surface area contributed by atoms with E-state index in [1.807, 2.05) is 13.8 Å². The molecule has 0 bridgehead atoms. The molecule has 0 radical (unpaired) electrons. The van der Waals surface area contributed by atoms with E-state index in [1.165, 1.54) is 12.8 Å². The van der Waals surface area contributed by atoms with Crippen molar-refractivity contribution in [3.63, 3.8) is 0 Å². The highest BCUT2D eigenvalue weighted by Crippen LogP contribution is 2.41. The Kier molecular flexibility index (Phi) is 3.44. The Balaban J connectivity index is 2.53. The third-order valence-electron chi connectivity index (χ3n) is 3.99. The van der Waals surface area contributed by atoms with Crippen LogP contribution in [0.25, 0.3) is 0 Å². The second kappa shape index (κ2) is 4.12. The molecule has 0 amide bonds. The molecule has 1 saturated heterocycles. The molecule has 15 heavy (non-hydrogen) atoms. The van der Waals surface area contributed by atoms with Crippen molar-refractivity contribution in [3.05, 3.63) is 0 Å². The normalized spacial score (nSPS) is 21.1. The van der Waals surface area contributed by atoms with Gasteiger partial charge in [0, 0.05) is 18.6 Å². The molecular formula is C12H23NO2. The molecule has 1 fully saturated rings. The molecule has 3 nitrogen and oxygen atoms in total. The van der Waals surface area contributed by atoms with Gasteiger partial charge in [0.1, 0.15) is 0 Å². The van der Waals surface area contributed by atoms with Crippen LogP contribution in [0, 0.1) is 5.41 Å². The fraction of sp³-hybridized carbons (Fsp3) is 0.917. The monoisotopic (exact) mass is 213 g/mol. The minimum Gasteiger partial charge on any atom is -0.481 e. The van der Waals surface area contributed by atoms with E-state index in [0.29, 0.717) is 5.41 Å². The first-order valence-electron chi connectivity index (χ1n) is 5.82. The van der Waals surface area contributed by atoms with E-state index >= 15 is 0 Å². The molecule has 3 heteroatoms. The average molecular weight is 213 g/mol. The van der Waals surface area contributed by atoms with Crippen LogP contribution in [0.2, 0.25) is 0 Å². The van der Waals surface area contributed by atoms with Gasteiger partial charge in [0.15, 0.2) is 0 Å². The van der Waals surface area contributed by atoms with Crippen LogP contribution >= 0.6 is 0 Å². The van der Waals surface area contributed by atoms with Crippen LogP contribution in [0.3, 0.4) is 0 Å². The number of hydrogen-bond donors (Lipinski definition) is 1. The van der Waals surface area contributed by atoms with Gasteiger partial charge in [-0.05, 0) is 32.1 Å². The number of carboxylic acid groups (broad SMARTS) is 1. The van der Waals surface area contributed by atoms with Gasteiger partial charge in [-0.2, -0.15) is 0 Å². The summed E-state index contributed by atoms with van der Waals surface area (Å²) in [5, 5.41) is 8.84. The molecule has 0 spiro atoms. The molecule has 1 aliphatic rings. The lowest BCUT2D eigenvalue weighted by Crippen LogP contribution is -2.63. The van der Waals surface area contributed by atoms with Crippen molar-refractivity contribution in [3.8, 4) is 0 Å².